The SMILES string of the molecule is Cc1ccc(Br)c(C(=O)NCC(=O)N2CCCO2)n1. The van der Waals surface area contributed by atoms with E-state index in [-0.39, 0.29) is 24.1 Å². The molecule has 102 valence electrons. The topological polar surface area (TPSA) is 71.5 Å². The first-order valence-electron chi connectivity index (χ1n) is 5.92. The molecule has 0 aliphatic carbocycles. The van der Waals surface area contributed by atoms with Gasteiger partial charge >= 0.3 is 0 Å². The first kappa shape index (κ1) is 14.0. The Kier molecular flexibility index (Phi) is 4.49. The Bertz CT molecular complexity index is 501. The van der Waals surface area contributed by atoms with Crippen molar-refractivity contribution in [2.75, 3.05) is 19.7 Å². The standard InChI is InChI=1S/C12H14BrN3O3/c1-8-3-4-9(13)11(15-8)12(18)14-7-10(17)16-5-2-6-19-16/h3-4H,2,5-7H2,1H3,(H,14,18). The highest BCUT2D eigenvalue weighted by Crippen LogP contribution is 2.14. The molecule has 1 N–H and O–H groups in total. The third-order valence-electron chi connectivity index (χ3n) is 2.63. The van der Waals surface area contributed by atoms with Crippen molar-refractivity contribution < 1.29 is 14.4 Å². The molecule has 7 heteroatoms. The number of nitrogens with one attached hydrogen (secondary N) is 1. The Morgan fingerprint density at radius 2 is 2.32 bits per heavy atom. The molecule has 1 aliphatic heterocycles. The van der Waals surface area contributed by atoms with Gasteiger partial charge in [0.15, 0.2) is 0 Å². The molecule has 1 aliphatic rings. The number of amides is 2. The second-order valence-electron chi connectivity index (χ2n) is 4.15. The van der Waals surface area contributed by atoms with E-state index in [9.17, 15) is 9.59 Å². The maximum atomic E-state index is 11.9. The highest BCUT2D eigenvalue weighted by molar-refractivity contribution is 9.10. The summed E-state index contributed by atoms with van der Waals surface area (Å²) >= 11 is 3.26. The van der Waals surface area contributed by atoms with Gasteiger partial charge in [-0.1, -0.05) is 0 Å². The average molecular weight is 328 g/mol. The molecule has 0 aromatic carbocycles. The molecule has 0 unspecified atom stereocenters. The summed E-state index contributed by atoms with van der Waals surface area (Å²) in [6, 6.07) is 3.55. The highest BCUT2D eigenvalue weighted by atomic mass is 79.9. The van der Waals surface area contributed by atoms with Crippen LogP contribution in [0.5, 0.6) is 0 Å². The molecular weight excluding hydrogens is 314 g/mol. The van der Waals surface area contributed by atoms with E-state index in [1.807, 2.05) is 0 Å². The van der Waals surface area contributed by atoms with Crippen molar-refractivity contribution in [2.45, 2.75) is 13.3 Å². The number of halogens is 1. The van der Waals surface area contributed by atoms with E-state index >= 15 is 0 Å². The van der Waals surface area contributed by atoms with Gasteiger partial charge < -0.3 is 5.32 Å². The second-order valence-corrected chi connectivity index (χ2v) is 5.00. The Morgan fingerprint density at radius 1 is 1.53 bits per heavy atom. The fourth-order valence-corrected chi connectivity index (χ4v) is 2.07. The van der Waals surface area contributed by atoms with Crippen molar-refractivity contribution in [2.24, 2.45) is 0 Å². The van der Waals surface area contributed by atoms with Crippen LogP contribution in [0.3, 0.4) is 0 Å². The first-order chi connectivity index (χ1) is 9.08. The predicted molar refractivity (Wildman–Crippen MR) is 71.3 cm³/mol. The van der Waals surface area contributed by atoms with Crippen LogP contribution in [-0.4, -0.2) is 41.6 Å². The normalized spacial score (nSPS) is 14.5. The van der Waals surface area contributed by atoms with Crippen molar-refractivity contribution in [3.8, 4) is 0 Å². The molecule has 2 rings (SSSR count). The smallest absolute Gasteiger partial charge is 0.271 e. The van der Waals surface area contributed by atoms with Crippen LogP contribution in [0, 0.1) is 6.92 Å². The molecule has 19 heavy (non-hydrogen) atoms. The summed E-state index contributed by atoms with van der Waals surface area (Å²) in [7, 11) is 0. The van der Waals surface area contributed by atoms with Crippen molar-refractivity contribution in [1.29, 1.82) is 0 Å². The maximum Gasteiger partial charge on any atom is 0.271 e. The Balaban J connectivity index is 1.93. The van der Waals surface area contributed by atoms with Crippen molar-refractivity contribution in [3.63, 3.8) is 0 Å². The van der Waals surface area contributed by atoms with Gasteiger partial charge in [0, 0.05) is 10.2 Å². The zero-order chi connectivity index (χ0) is 13.8. The molecule has 1 aromatic rings. The van der Waals surface area contributed by atoms with Crippen molar-refractivity contribution in [1.82, 2.24) is 15.4 Å². The minimum absolute atomic E-state index is 0.0963. The van der Waals surface area contributed by atoms with Crippen LogP contribution in [-0.2, 0) is 9.63 Å². The van der Waals surface area contributed by atoms with Crippen LogP contribution >= 0.6 is 15.9 Å². The van der Waals surface area contributed by atoms with Crippen LogP contribution in [0.25, 0.3) is 0 Å². The van der Waals surface area contributed by atoms with Gasteiger partial charge in [-0.15, -0.1) is 0 Å². The second kappa shape index (κ2) is 6.12. The lowest BCUT2D eigenvalue weighted by Crippen LogP contribution is -2.38. The van der Waals surface area contributed by atoms with E-state index in [4.69, 9.17) is 4.84 Å². The fraction of sp³-hybridized carbons (Fsp3) is 0.417. The number of rotatable bonds is 3. The largest absolute Gasteiger partial charge is 0.342 e. The van der Waals surface area contributed by atoms with Crippen LogP contribution in [0.15, 0.2) is 16.6 Å². The van der Waals surface area contributed by atoms with Crippen LogP contribution in [0.4, 0.5) is 0 Å². The van der Waals surface area contributed by atoms with Gasteiger partial charge in [-0.3, -0.25) is 14.4 Å². The zero-order valence-corrected chi connectivity index (χ0v) is 12.1. The van der Waals surface area contributed by atoms with E-state index in [2.05, 4.69) is 26.2 Å². The molecule has 2 amide bonds. The molecule has 0 radical (unpaired) electrons. The Morgan fingerprint density at radius 3 is 3.00 bits per heavy atom. The molecule has 0 saturated carbocycles. The number of aromatic nitrogens is 1. The number of hydrogen-bond donors (Lipinski definition) is 1. The number of carbonyl (C=O) groups is 2. The molecule has 0 bridgehead atoms. The number of aryl methyl sites for hydroxylation is 1. The van der Waals surface area contributed by atoms with Gasteiger partial charge in [0.1, 0.15) is 5.69 Å². The van der Waals surface area contributed by atoms with Gasteiger partial charge in [-0.25, -0.2) is 10.0 Å². The first-order valence-corrected chi connectivity index (χ1v) is 6.72. The fourth-order valence-electron chi connectivity index (χ4n) is 1.67. The van der Waals surface area contributed by atoms with Crippen LogP contribution in [0.1, 0.15) is 22.6 Å². The lowest BCUT2D eigenvalue weighted by molar-refractivity contribution is -0.167. The van der Waals surface area contributed by atoms with Crippen molar-refractivity contribution in [3.05, 3.63) is 28.0 Å². The summed E-state index contributed by atoms with van der Waals surface area (Å²) in [5.41, 5.74) is 1.01. The van der Waals surface area contributed by atoms with Gasteiger partial charge in [-0.05, 0) is 41.4 Å². The van der Waals surface area contributed by atoms with E-state index in [1.165, 1.54) is 5.06 Å². The van der Waals surface area contributed by atoms with Gasteiger partial charge in [0.25, 0.3) is 11.8 Å². The third-order valence-corrected chi connectivity index (χ3v) is 3.27. The minimum atomic E-state index is -0.386. The average Bonchev–Trinajstić information content (AvgIpc) is 2.92. The number of hydroxylamine groups is 2. The molecular formula is C12H14BrN3O3. The predicted octanol–water partition coefficient (Wildman–Crippen LogP) is 1.05. The number of carbonyl (C=O) groups excluding carboxylic acids is 2. The highest BCUT2D eigenvalue weighted by Gasteiger charge is 2.20. The molecule has 1 saturated heterocycles. The molecule has 1 fully saturated rings. The number of hydrogen-bond acceptors (Lipinski definition) is 4. The van der Waals surface area contributed by atoms with Gasteiger partial charge in [0.05, 0.1) is 19.7 Å². The summed E-state index contributed by atoms with van der Waals surface area (Å²) in [6.07, 6.45) is 0.824. The van der Waals surface area contributed by atoms with Gasteiger partial charge in [-0.2, -0.15) is 0 Å². The Hall–Kier alpha value is -1.47. The zero-order valence-electron chi connectivity index (χ0n) is 10.5. The third kappa shape index (κ3) is 3.51. The summed E-state index contributed by atoms with van der Waals surface area (Å²) < 4.78 is 0.598. The molecule has 2 heterocycles. The van der Waals surface area contributed by atoms with Gasteiger partial charge in [0.2, 0.25) is 0 Å². The lowest BCUT2D eigenvalue weighted by atomic mass is 10.3. The summed E-state index contributed by atoms with van der Waals surface area (Å²) in [6.45, 7) is 2.82. The number of pyridine rings is 1. The quantitative estimate of drug-likeness (QED) is 0.900. The van der Waals surface area contributed by atoms with E-state index < -0.39 is 0 Å². The maximum absolute atomic E-state index is 11.9. The molecule has 0 spiro atoms. The summed E-state index contributed by atoms with van der Waals surface area (Å²) in [5.74, 6) is -0.641. The monoisotopic (exact) mass is 327 g/mol. The van der Waals surface area contributed by atoms with E-state index in [1.54, 1.807) is 19.1 Å². The number of nitrogens with zero attached hydrogens (tertiary/aromatic N) is 2. The van der Waals surface area contributed by atoms with Crippen LogP contribution < -0.4 is 5.32 Å². The molecule has 6 nitrogen and oxygen atoms in total. The molecule has 0 atom stereocenters. The van der Waals surface area contributed by atoms with Crippen LogP contribution in [0.2, 0.25) is 0 Å². The molecule has 1 aromatic heterocycles. The summed E-state index contributed by atoms with van der Waals surface area (Å²) in [4.78, 5) is 32.8. The Labute approximate surface area is 119 Å². The van der Waals surface area contributed by atoms with E-state index in [0.29, 0.717) is 17.6 Å². The summed E-state index contributed by atoms with van der Waals surface area (Å²) in [5, 5.41) is 3.82. The van der Waals surface area contributed by atoms with Crippen molar-refractivity contribution >= 4 is 27.7 Å². The van der Waals surface area contributed by atoms with E-state index in [0.717, 1.165) is 12.1 Å². The lowest BCUT2D eigenvalue weighted by Gasteiger charge is -2.14. The minimum Gasteiger partial charge on any atom is -0.342 e.